The number of hydrogen-bond donors (Lipinski definition) is 2. The van der Waals surface area contributed by atoms with Crippen LogP contribution in [0.4, 0.5) is 0 Å². The number of aromatic nitrogens is 3. The fourth-order valence-corrected chi connectivity index (χ4v) is 3.92. The van der Waals surface area contributed by atoms with Gasteiger partial charge in [-0.15, -0.1) is 10.2 Å². The number of benzene rings is 2. The van der Waals surface area contributed by atoms with Gasteiger partial charge in [0.2, 0.25) is 4.73 Å². The molecule has 0 saturated heterocycles. The maximum atomic E-state index is 10.9. The molecule has 0 aliphatic rings. The van der Waals surface area contributed by atoms with Crippen LogP contribution in [-0.4, -0.2) is 38.3 Å². The largest absolute Gasteiger partial charge is 0.481 e. The molecule has 0 atom stereocenters. The Hall–Kier alpha value is -2.19. The van der Waals surface area contributed by atoms with Gasteiger partial charge in [0.15, 0.2) is 5.16 Å². The molecule has 3 rings (SSSR count). The lowest BCUT2D eigenvalue weighted by atomic mass is 10.00. The summed E-state index contributed by atoms with van der Waals surface area (Å²) in [6.45, 7) is 4.67. The lowest BCUT2D eigenvalue weighted by Crippen LogP contribution is -2.03. The van der Waals surface area contributed by atoms with Crippen LogP contribution in [-0.2, 0) is 11.2 Å². The zero-order chi connectivity index (χ0) is 19.1. The van der Waals surface area contributed by atoms with Crippen LogP contribution < -0.4 is 0 Å². The summed E-state index contributed by atoms with van der Waals surface area (Å²) in [5.74, 6) is -0.939. The Balaban J connectivity index is 0.00000117. The molecule has 1 aromatic heterocycles. The van der Waals surface area contributed by atoms with Crippen molar-refractivity contribution < 1.29 is 9.90 Å². The van der Waals surface area contributed by atoms with Gasteiger partial charge in [-0.2, -0.15) is 0 Å². The van der Waals surface area contributed by atoms with Crippen LogP contribution in [0.3, 0.4) is 0 Å². The molecule has 0 fully saturated rings. The highest BCUT2D eigenvalue weighted by molar-refractivity contribution is 9.10. The van der Waals surface area contributed by atoms with Crippen molar-refractivity contribution in [3.05, 3.63) is 46.7 Å². The summed E-state index contributed by atoms with van der Waals surface area (Å²) >= 11 is 4.58. The van der Waals surface area contributed by atoms with Crippen molar-refractivity contribution >= 4 is 51.2 Å². The van der Waals surface area contributed by atoms with Gasteiger partial charge in [-0.05, 0) is 46.1 Å². The standard InChI is InChI=1S/C17H16BrN3O2S.CH3N/c1-2-5-11-8-9-14(13-7-4-3-6-12(11)13)21-16(18)19-20-17(21)24-10-15(22)23;1-2/h3-4,6-9H,2,5,10H2,1H3,(H,22,23);2H,1H2. The predicted octanol–water partition coefficient (Wildman–Crippen LogP) is 4.58. The molecule has 0 amide bonds. The van der Waals surface area contributed by atoms with Crippen molar-refractivity contribution in [2.24, 2.45) is 0 Å². The number of hydrogen-bond acceptors (Lipinski definition) is 5. The Morgan fingerprint density at radius 2 is 1.92 bits per heavy atom. The van der Waals surface area contributed by atoms with Gasteiger partial charge in [-0.3, -0.25) is 9.36 Å². The Kier molecular flexibility index (Phi) is 7.35. The summed E-state index contributed by atoms with van der Waals surface area (Å²) in [6.07, 6.45) is 2.10. The first-order valence-electron chi connectivity index (χ1n) is 7.93. The second-order valence-electron chi connectivity index (χ2n) is 5.31. The minimum atomic E-state index is -0.881. The number of fused-ring (bicyclic) bond motifs is 1. The second-order valence-corrected chi connectivity index (χ2v) is 6.96. The number of rotatable bonds is 6. The predicted molar refractivity (Wildman–Crippen MR) is 109 cm³/mol. The Morgan fingerprint density at radius 1 is 1.23 bits per heavy atom. The molecule has 8 heteroatoms. The van der Waals surface area contributed by atoms with Gasteiger partial charge in [0.1, 0.15) is 0 Å². The summed E-state index contributed by atoms with van der Waals surface area (Å²) in [5, 5.41) is 25.4. The average Bonchev–Trinajstić information content (AvgIpc) is 3.03. The topological polar surface area (TPSA) is 91.9 Å². The Morgan fingerprint density at radius 3 is 2.58 bits per heavy atom. The van der Waals surface area contributed by atoms with Crippen LogP contribution in [0.15, 0.2) is 46.3 Å². The molecule has 2 N–H and O–H groups in total. The third-order valence-electron chi connectivity index (χ3n) is 3.67. The number of nitrogens with zero attached hydrogens (tertiary/aromatic N) is 3. The maximum Gasteiger partial charge on any atom is 0.313 e. The summed E-state index contributed by atoms with van der Waals surface area (Å²) < 4.78 is 2.41. The van der Waals surface area contributed by atoms with E-state index in [2.05, 4.69) is 58.0 Å². The lowest BCUT2D eigenvalue weighted by Gasteiger charge is -2.13. The molecule has 0 bridgehead atoms. The van der Waals surface area contributed by atoms with Crippen molar-refractivity contribution in [2.45, 2.75) is 24.9 Å². The van der Waals surface area contributed by atoms with E-state index in [1.807, 2.05) is 22.8 Å². The van der Waals surface area contributed by atoms with E-state index < -0.39 is 5.97 Å². The highest BCUT2D eigenvalue weighted by atomic mass is 79.9. The summed E-state index contributed by atoms with van der Waals surface area (Å²) in [7, 11) is 0. The highest BCUT2D eigenvalue weighted by Crippen LogP contribution is 2.31. The summed E-state index contributed by atoms with van der Waals surface area (Å²) in [4.78, 5) is 10.9. The quantitative estimate of drug-likeness (QED) is 0.437. The smallest absolute Gasteiger partial charge is 0.313 e. The molecule has 0 spiro atoms. The molecule has 6 nitrogen and oxygen atoms in total. The first-order valence-corrected chi connectivity index (χ1v) is 9.71. The Bertz CT molecular complexity index is 913. The zero-order valence-electron chi connectivity index (χ0n) is 14.3. The third kappa shape index (κ3) is 4.31. The van der Waals surface area contributed by atoms with E-state index >= 15 is 0 Å². The minimum Gasteiger partial charge on any atom is -0.481 e. The summed E-state index contributed by atoms with van der Waals surface area (Å²) in [6, 6.07) is 12.4. The van der Waals surface area contributed by atoms with Gasteiger partial charge in [0, 0.05) is 5.39 Å². The normalized spacial score (nSPS) is 10.4. The molecule has 3 aromatic rings. The molecule has 0 aliphatic carbocycles. The van der Waals surface area contributed by atoms with Crippen molar-refractivity contribution in [2.75, 3.05) is 5.75 Å². The second kappa shape index (κ2) is 9.49. The molecule has 1 heterocycles. The van der Waals surface area contributed by atoms with Crippen LogP contribution in [0.2, 0.25) is 0 Å². The van der Waals surface area contributed by atoms with Crippen LogP contribution in [0.25, 0.3) is 16.5 Å². The molecule has 2 aromatic carbocycles. The molecule has 0 saturated carbocycles. The van der Waals surface area contributed by atoms with E-state index in [1.165, 1.54) is 10.9 Å². The number of aliphatic carboxylic acids is 1. The minimum absolute atomic E-state index is 0.0585. The number of carboxylic acids is 1. The average molecular weight is 435 g/mol. The van der Waals surface area contributed by atoms with Crippen molar-refractivity contribution in [1.82, 2.24) is 14.8 Å². The molecule has 0 aliphatic heterocycles. The van der Waals surface area contributed by atoms with Crippen LogP contribution in [0.5, 0.6) is 0 Å². The number of carbonyl (C=O) groups is 1. The van der Waals surface area contributed by atoms with Gasteiger partial charge in [-0.1, -0.05) is 55.4 Å². The number of nitrogens with one attached hydrogen (secondary N) is 1. The van der Waals surface area contributed by atoms with Gasteiger partial charge in [0.25, 0.3) is 0 Å². The van der Waals surface area contributed by atoms with E-state index in [-0.39, 0.29) is 5.75 Å². The van der Waals surface area contributed by atoms with Crippen molar-refractivity contribution in [1.29, 1.82) is 5.41 Å². The maximum absolute atomic E-state index is 10.9. The van der Waals surface area contributed by atoms with Gasteiger partial charge < -0.3 is 10.5 Å². The number of aryl methyl sites for hydroxylation is 1. The SMILES string of the molecule is C=N.CCCc1ccc(-n2c(Br)nnc2SCC(=O)O)c2ccccc12. The Labute approximate surface area is 164 Å². The van der Waals surface area contributed by atoms with E-state index in [9.17, 15) is 4.79 Å². The monoisotopic (exact) mass is 434 g/mol. The fraction of sp³-hybridized carbons (Fsp3) is 0.222. The number of halogens is 1. The van der Waals surface area contributed by atoms with Crippen LogP contribution in [0, 0.1) is 5.41 Å². The number of thioether (sulfide) groups is 1. The van der Waals surface area contributed by atoms with Gasteiger partial charge in [0.05, 0.1) is 11.4 Å². The molecular formula is C18H19BrN4O2S. The molecule has 26 heavy (non-hydrogen) atoms. The highest BCUT2D eigenvalue weighted by Gasteiger charge is 2.16. The van der Waals surface area contributed by atoms with Crippen LogP contribution >= 0.6 is 27.7 Å². The fourth-order valence-electron chi connectivity index (χ4n) is 2.70. The lowest BCUT2D eigenvalue weighted by molar-refractivity contribution is -0.133. The van der Waals surface area contributed by atoms with Crippen molar-refractivity contribution in [3.8, 4) is 5.69 Å². The van der Waals surface area contributed by atoms with Crippen molar-refractivity contribution in [3.63, 3.8) is 0 Å². The third-order valence-corrected chi connectivity index (χ3v) is 5.10. The molecule has 0 radical (unpaired) electrons. The first-order chi connectivity index (χ1) is 12.6. The zero-order valence-corrected chi connectivity index (χ0v) is 16.7. The first kappa shape index (κ1) is 20.1. The van der Waals surface area contributed by atoms with Gasteiger partial charge in [-0.25, -0.2) is 0 Å². The molecule has 0 unspecified atom stereocenters. The molecular weight excluding hydrogens is 416 g/mol. The van der Waals surface area contributed by atoms with E-state index in [1.54, 1.807) is 0 Å². The van der Waals surface area contributed by atoms with E-state index in [0.717, 1.165) is 35.7 Å². The van der Waals surface area contributed by atoms with E-state index in [0.29, 0.717) is 9.89 Å². The molecule has 136 valence electrons. The van der Waals surface area contributed by atoms with Gasteiger partial charge >= 0.3 is 5.97 Å². The van der Waals surface area contributed by atoms with Crippen LogP contribution in [0.1, 0.15) is 18.9 Å². The van der Waals surface area contributed by atoms with E-state index in [4.69, 9.17) is 10.5 Å². The summed E-state index contributed by atoms with van der Waals surface area (Å²) in [5.41, 5.74) is 2.25. The number of carboxylic acid groups (broad SMARTS) is 1.